The van der Waals surface area contributed by atoms with Gasteiger partial charge in [-0.15, -0.1) is 10.2 Å². The third-order valence-corrected chi connectivity index (χ3v) is 5.60. The van der Waals surface area contributed by atoms with Crippen LogP contribution in [0, 0.1) is 0 Å². The molecule has 29 heavy (non-hydrogen) atoms. The quantitative estimate of drug-likeness (QED) is 0.412. The van der Waals surface area contributed by atoms with Crippen LogP contribution in [0.1, 0.15) is 0 Å². The summed E-state index contributed by atoms with van der Waals surface area (Å²) >= 11 is 1.49. The molecule has 2 aromatic carbocycles. The Bertz CT molecular complexity index is 1280. The first-order valence-corrected chi connectivity index (χ1v) is 9.91. The van der Waals surface area contributed by atoms with E-state index < -0.39 is 0 Å². The Labute approximate surface area is 171 Å². The highest BCUT2D eigenvalue weighted by Crippen LogP contribution is 2.33. The van der Waals surface area contributed by atoms with Crippen molar-refractivity contribution in [2.75, 3.05) is 0 Å². The van der Waals surface area contributed by atoms with Crippen LogP contribution in [0.15, 0.2) is 89.3 Å². The van der Waals surface area contributed by atoms with E-state index in [1.807, 2.05) is 78.3 Å². The fraction of sp³-hybridized carbons (Fsp3) is 0.0455. The summed E-state index contributed by atoms with van der Waals surface area (Å²) in [5.74, 6) is 1.49. The van der Waals surface area contributed by atoms with Crippen molar-refractivity contribution in [1.29, 1.82) is 0 Å². The summed E-state index contributed by atoms with van der Waals surface area (Å²) in [5.41, 5.74) is 2.86. The average molecular weight is 396 g/mol. The predicted octanol–water partition coefficient (Wildman–Crippen LogP) is 4.64. The topological polar surface area (TPSA) is 69.4 Å². The van der Waals surface area contributed by atoms with Gasteiger partial charge in [-0.2, -0.15) is 0 Å². The van der Waals surface area contributed by atoms with E-state index in [0.717, 1.165) is 38.0 Å². The van der Waals surface area contributed by atoms with Gasteiger partial charge in [0.2, 0.25) is 0 Å². The molecule has 5 aromatic rings. The number of pyridine rings is 1. The minimum Gasteiger partial charge on any atom is -0.305 e. The normalized spacial score (nSPS) is 11.1. The lowest BCUT2D eigenvalue weighted by molar-refractivity contribution is 0.792. The summed E-state index contributed by atoms with van der Waals surface area (Å²) in [6, 6.07) is 21.9. The Morgan fingerprint density at radius 3 is 2.34 bits per heavy atom. The molecule has 0 aliphatic rings. The SMILES string of the molecule is Cn1c(Sc2nc(-c3ccccc3)nc3ccccc23)nnc1-c1ccncc1. The molecule has 0 amide bonds. The van der Waals surface area contributed by atoms with E-state index in [4.69, 9.17) is 9.97 Å². The fourth-order valence-electron chi connectivity index (χ4n) is 3.08. The van der Waals surface area contributed by atoms with Crippen molar-refractivity contribution in [3.05, 3.63) is 79.1 Å². The van der Waals surface area contributed by atoms with Gasteiger partial charge in [-0.05, 0) is 30.0 Å². The Kier molecular flexibility index (Phi) is 4.50. The van der Waals surface area contributed by atoms with Gasteiger partial charge in [0.15, 0.2) is 16.8 Å². The molecule has 0 spiro atoms. The summed E-state index contributed by atoms with van der Waals surface area (Å²) in [6.07, 6.45) is 3.50. The van der Waals surface area contributed by atoms with Crippen LogP contribution in [0.3, 0.4) is 0 Å². The maximum Gasteiger partial charge on any atom is 0.197 e. The number of rotatable bonds is 4. The lowest BCUT2D eigenvalue weighted by Gasteiger charge is -2.08. The van der Waals surface area contributed by atoms with Gasteiger partial charge in [-0.25, -0.2) is 9.97 Å². The van der Waals surface area contributed by atoms with Crippen LogP contribution < -0.4 is 0 Å². The van der Waals surface area contributed by atoms with E-state index in [1.54, 1.807) is 12.4 Å². The Morgan fingerprint density at radius 2 is 1.52 bits per heavy atom. The summed E-state index contributed by atoms with van der Waals surface area (Å²) in [4.78, 5) is 13.7. The van der Waals surface area contributed by atoms with Crippen molar-refractivity contribution in [1.82, 2.24) is 29.7 Å². The number of hydrogen-bond acceptors (Lipinski definition) is 6. The molecule has 0 radical (unpaired) electrons. The van der Waals surface area contributed by atoms with Crippen molar-refractivity contribution >= 4 is 22.7 Å². The molecule has 0 N–H and O–H groups in total. The maximum absolute atomic E-state index is 4.85. The molecule has 140 valence electrons. The standard InChI is InChI=1S/C22H16N6S/c1-28-20(16-11-13-23-14-12-16)26-27-22(28)29-21-17-9-5-6-10-18(17)24-19(25-21)15-7-3-2-4-8-15/h2-14H,1H3. The van der Waals surface area contributed by atoms with Gasteiger partial charge in [-0.1, -0.05) is 48.5 Å². The van der Waals surface area contributed by atoms with Crippen LogP contribution in [0.25, 0.3) is 33.7 Å². The number of aromatic nitrogens is 6. The highest BCUT2D eigenvalue weighted by Gasteiger charge is 2.16. The van der Waals surface area contributed by atoms with Crippen molar-refractivity contribution in [2.45, 2.75) is 10.2 Å². The second kappa shape index (κ2) is 7.44. The van der Waals surface area contributed by atoms with Crippen LogP contribution in [0.2, 0.25) is 0 Å². The third kappa shape index (κ3) is 3.36. The second-order valence-corrected chi connectivity index (χ2v) is 7.39. The van der Waals surface area contributed by atoms with Crippen LogP contribution in [0.5, 0.6) is 0 Å². The summed E-state index contributed by atoms with van der Waals surface area (Å²) in [5, 5.41) is 11.4. The molecular formula is C22H16N6S. The summed E-state index contributed by atoms with van der Waals surface area (Å²) in [7, 11) is 1.96. The van der Waals surface area contributed by atoms with E-state index in [-0.39, 0.29) is 0 Å². The predicted molar refractivity (Wildman–Crippen MR) is 113 cm³/mol. The summed E-state index contributed by atoms with van der Waals surface area (Å²) in [6.45, 7) is 0. The van der Waals surface area contributed by atoms with E-state index in [2.05, 4.69) is 15.2 Å². The van der Waals surface area contributed by atoms with Gasteiger partial charge < -0.3 is 4.57 Å². The fourth-order valence-corrected chi connectivity index (χ4v) is 3.98. The first-order chi connectivity index (χ1) is 14.3. The van der Waals surface area contributed by atoms with Gasteiger partial charge >= 0.3 is 0 Å². The van der Waals surface area contributed by atoms with Crippen molar-refractivity contribution in [3.8, 4) is 22.8 Å². The van der Waals surface area contributed by atoms with Gasteiger partial charge in [0.25, 0.3) is 0 Å². The summed E-state index contributed by atoms with van der Waals surface area (Å²) < 4.78 is 1.97. The number of fused-ring (bicyclic) bond motifs is 1. The number of benzene rings is 2. The first kappa shape index (κ1) is 17.5. The second-order valence-electron chi connectivity index (χ2n) is 6.44. The molecule has 7 heteroatoms. The monoisotopic (exact) mass is 396 g/mol. The van der Waals surface area contributed by atoms with Crippen LogP contribution in [-0.4, -0.2) is 29.7 Å². The van der Waals surface area contributed by atoms with Gasteiger partial charge in [0.1, 0.15) is 5.03 Å². The average Bonchev–Trinajstić information content (AvgIpc) is 3.15. The molecule has 0 bridgehead atoms. The molecule has 0 aliphatic heterocycles. The first-order valence-electron chi connectivity index (χ1n) is 9.09. The zero-order valence-electron chi connectivity index (χ0n) is 15.6. The lowest BCUT2D eigenvalue weighted by Crippen LogP contribution is -1.97. The lowest BCUT2D eigenvalue weighted by atomic mass is 10.2. The van der Waals surface area contributed by atoms with Crippen molar-refractivity contribution in [3.63, 3.8) is 0 Å². The van der Waals surface area contributed by atoms with E-state index >= 15 is 0 Å². The van der Waals surface area contributed by atoms with Crippen molar-refractivity contribution < 1.29 is 0 Å². The molecule has 0 fully saturated rings. The largest absolute Gasteiger partial charge is 0.305 e. The van der Waals surface area contributed by atoms with Gasteiger partial charge in [0, 0.05) is 36.0 Å². The van der Waals surface area contributed by atoms with Gasteiger partial charge in [-0.3, -0.25) is 4.98 Å². The van der Waals surface area contributed by atoms with Crippen LogP contribution in [-0.2, 0) is 7.05 Å². The maximum atomic E-state index is 4.85. The number of para-hydroxylation sites is 1. The van der Waals surface area contributed by atoms with E-state index in [1.165, 1.54) is 11.8 Å². The molecule has 5 rings (SSSR count). The number of nitrogens with zero attached hydrogens (tertiary/aromatic N) is 6. The molecule has 0 unspecified atom stereocenters. The Hall–Kier alpha value is -3.58. The molecule has 0 aliphatic carbocycles. The highest BCUT2D eigenvalue weighted by atomic mass is 32.2. The zero-order valence-corrected chi connectivity index (χ0v) is 16.4. The molecule has 0 saturated heterocycles. The van der Waals surface area contributed by atoms with Crippen LogP contribution >= 0.6 is 11.8 Å². The zero-order chi connectivity index (χ0) is 19.6. The molecule has 3 aromatic heterocycles. The molecule has 6 nitrogen and oxygen atoms in total. The van der Waals surface area contributed by atoms with Gasteiger partial charge in [0.05, 0.1) is 5.52 Å². The highest BCUT2D eigenvalue weighted by molar-refractivity contribution is 7.99. The Morgan fingerprint density at radius 1 is 0.759 bits per heavy atom. The molecule has 0 atom stereocenters. The third-order valence-electron chi connectivity index (χ3n) is 4.56. The smallest absolute Gasteiger partial charge is 0.197 e. The van der Waals surface area contributed by atoms with E-state index in [0.29, 0.717) is 5.82 Å². The molecule has 0 saturated carbocycles. The van der Waals surface area contributed by atoms with Crippen LogP contribution in [0.4, 0.5) is 0 Å². The number of hydrogen-bond donors (Lipinski definition) is 0. The minimum atomic E-state index is 0.698. The van der Waals surface area contributed by atoms with Crippen molar-refractivity contribution in [2.24, 2.45) is 7.05 Å². The van der Waals surface area contributed by atoms with E-state index in [9.17, 15) is 0 Å². The minimum absolute atomic E-state index is 0.698. The molecule has 3 heterocycles. The molecular weight excluding hydrogens is 380 g/mol. The Balaban J connectivity index is 1.60.